The predicted molar refractivity (Wildman–Crippen MR) is 69.2 cm³/mol. The zero-order valence-corrected chi connectivity index (χ0v) is 10.7. The number of carboxylic acid groups (broad SMARTS) is 1. The van der Waals surface area contributed by atoms with Crippen LogP contribution in [-0.2, 0) is 4.79 Å². The van der Waals surface area contributed by atoms with Gasteiger partial charge in [0.05, 0.1) is 5.52 Å². The predicted octanol–water partition coefficient (Wildman–Crippen LogP) is 3.05. The lowest BCUT2D eigenvalue weighted by molar-refractivity contribution is -0.144. The Hall–Kier alpha value is -1.81. The molecule has 0 aliphatic carbocycles. The first kappa shape index (κ1) is 12.6. The Balaban J connectivity index is 2.54. The number of halogens is 1. The molecule has 94 valence electrons. The van der Waals surface area contributed by atoms with Crippen molar-refractivity contribution in [2.24, 2.45) is 0 Å². The molecular formula is C13H12ClNO3. The van der Waals surface area contributed by atoms with E-state index in [1.165, 1.54) is 6.92 Å². The quantitative estimate of drug-likeness (QED) is 0.927. The second-order valence-electron chi connectivity index (χ2n) is 4.02. The minimum absolute atomic E-state index is 0.481. The zero-order chi connectivity index (χ0) is 13.3. The lowest BCUT2D eigenvalue weighted by Crippen LogP contribution is -2.23. The molecule has 1 aromatic heterocycles. The fraction of sp³-hybridized carbons (Fsp3) is 0.231. The van der Waals surface area contributed by atoms with Crippen molar-refractivity contribution in [2.75, 3.05) is 0 Å². The van der Waals surface area contributed by atoms with Crippen molar-refractivity contribution in [3.05, 3.63) is 35.0 Å². The molecule has 1 N–H and O–H groups in total. The van der Waals surface area contributed by atoms with E-state index in [-0.39, 0.29) is 0 Å². The molecule has 18 heavy (non-hydrogen) atoms. The molecule has 0 bridgehead atoms. The number of aromatic nitrogens is 1. The van der Waals surface area contributed by atoms with Crippen molar-refractivity contribution < 1.29 is 14.6 Å². The van der Waals surface area contributed by atoms with Crippen LogP contribution in [0.25, 0.3) is 10.9 Å². The first-order chi connectivity index (χ1) is 8.47. The Bertz CT molecular complexity index is 612. The number of aliphatic carboxylic acids is 1. The summed E-state index contributed by atoms with van der Waals surface area (Å²) in [6.07, 6.45) is -0.922. The van der Waals surface area contributed by atoms with E-state index in [4.69, 9.17) is 21.4 Å². The van der Waals surface area contributed by atoms with Gasteiger partial charge in [0.1, 0.15) is 5.75 Å². The molecule has 4 nitrogen and oxygen atoms in total. The summed E-state index contributed by atoms with van der Waals surface area (Å²) in [7, 11) is 0. The van der Waals surface area contributed by atoms with Crippen molar-refractivity contribution >= 4 is 28.5 Å². The van der Waals surface area contributed by atoms with Gasteiger partial charge in [-0.1, -0.05) is 11.6 Å². The van der Waals surface area contributed by atoms with Crippen molar-refractivity contribution in [1.29, 1.82) is 0 Å². The van der Waals surface area contributed by atoms with Gasteiger partial charge in [-0.25, -0.2) is 4.79 Å². The molecular weight excluding hydrogens is 254 g/mol. The number of aryl methyl sites for hydroxylation is 1. The Morgan fingerprint density at radius 3 is 2.83 bits per heavy atom. The van der Waals surface area contributed by atoms with Gasteiger partial charge in [0.15, 0.2) is 6.10 Å². The summed E-state index contributed by atoms with van der Waals surface area (Å²) in [5.74, 6) is -0.533. The summed E-state index contributed by atoms with van der Waals surface area (Å²) in [5, 5.41) is 10.1. The molecule has 0 aliphatic rings. The van der Waals surface area contributed by atoms with E-state index >= 15 is 0 Å². The molecule has 1 aromatic carbocycles. The van der Waals surface area contributed by atoms with Crippen LogP contribution in [0.1, 0.15) is 12.6 Å². The summed E-state index contributed by atoms with van der Waals surface area (Å²) in [6.45, 7) is 3.31. The SMILES string of the molecule is Cc1cc(OC(C)C(=O)O)c2cc(Cl)ccc2n1. The van der Waals surface area contributed by atoms with Crippen LogP contribution >= 0.6 is 11.6 Å². The third-order valence-corrected chi connectivity index (χ3v) is 2.75. The molecule has 2 rings (SSSR count). The van der Waals surface area contributed by atoms with Gasteiger partial charge in [-0.15, -0.1) is 0 Å². The van der Waals surface area contributed by atoms with Crippen LogP contribution in [0.5, 0.6) is 5.75 Å². The Labute approximate surface area is 109 Å². The van der Waals surface area contributed by atoms with Crippen LogP contribution in [0.15, 0.2) is 24.3 Å². The number of hydrogen-bond acceptors (Lipinski definition) is 3. The third-order valence-electron chi connectivity index (χ3n) is 2.51. The van der Waals surface area contributed by atoms with Crippen LogP contribution < -0.4 is 4.74 Å². The van der Waals surface area contributed by atoms with Gasteiger partial charge in [0, 0.05) is 22.2 Å². The smallest absolute Gasteiger partial charge is 0.344 e. The molecule has 0 spiro atoms. The number of fused-ring (bicyclic) bond motifs is 1. The normalized spacial score (nSPS) is 12.4. The average Bonchev–Trinajstić information content (AvgIpc) is 2.29. The summed E-state index contributed by atoms with van der Waals surface area (Å²) >= 11 is 5.93. The summed E-state index contributed by atoms with van der Waals surface area (Å²) in [6, 6.07) is 6.94. The van der Waals surface area contributed by atoms with Crippen LogP contribution in [0.2, 0.25) is 5.02 Å². The Morgan fingerprint density at radius 2 is 2.17 bits per heavy atom. The van der Waals surface area contributed by atoms with Crippen LogP contribution in [0.4, 0.5) is 0 Å². The van der Waals surface area contributed by atoms with Gasteiger partial charge >= 0.3 is 5.97 Å². The van der Waals surface area contributed by atoms with E-state index < -0.39 is 12.1 Å². The Morgan fingerprint density at radius 1 is 1.44 bits per heavy atom. The van der Waals surface area contributed by atoms with Crippen molar-refractivity contribution in [1.82, 2.24) is 4.98 Å². The van der Waals surface area contributed by atoms with E-state index in [1.807, 2.05) is 6.92 Å². The van der Waals surface area contributed by atoms with Crippen molar-refractivity contribution in [2.45, 2.75) is 20.0 Å². The molecule has 0 fully saturated rings. The fourth-order valence-corrected chi connectivity index (χ4v) is 1.80. The number of ether oxygens (including phenoxy) is 1. The molecule has 0 saturated carbocycles. The molecule has 0 aliphatic heterocycles. The van der Waals surface area contributed by atoms with Crippen LogP contribution in [0, 0.1) is 6.92 Å². The molecule has 5 heteroatoms. The molecule has 0 radical (unpaired) electrons. The standard InChI is InChI=1S/C13H12ClNO3/c1-7-5-12(18-8(2)13(16)17)10-6-9(14)3-4-11(10)15-7/h3-6,8H,1-2H3,(H,16,17). The molecule has 1 heterocycles. The number of hydrogen-bond donors (Lipinski definition) is 1. The highest BCUT2D eigenvalue weighted by molar-refractivity contribution is 6.31. The maximum Gasteiger partial charge on any atom is 0.344 e. The monoisotopic (exact) mass is 265 g/mol. The number of carbonyl (C=O) groups is 1. The minimum Gasteiger partial charge on any atom is -0.479 e. The highest BCUT2D eigenvalue weighted by atomic mass is 35.5. The summed E-state index contributed by atoms with van der Waals surface area (Å²) in [5.41, 5.74) is 1.49. The molecule has 0 saturated heterocycles. The highest BCUT2D eigenvalue weighted by Crippen LogP contribution is 2.28. The van der Waals surface area contributed by atoms with E-state index in [9.17, 15) is 4.79 Å². The largest absolute Gasteiger partial charge is 0.479 e. The first-order valence-corrected chi connectivity index (χ1v) is 5.81. The average molecular weight is 266 g/mol. The van der Waals surface area contributed by atoms with Crippen molar-refractivity contribution in [3.63, 3.8) is 0 Å². The Kier molecular flexibility index (Phi) is 3.39. The maximum atomic E-state index is 10.8. The third kappa shape index (κ3) is 2.54. The van der Waals surface area contributed by atoms with Crippen molar-refractivity contribution in [3.8, 4) is 5.75 Å². The molecule has 1 atom stereocenters. The van der Waals surface area contributed by atoms with Gasteiger partial charge in [0.2, 0.25) is 0 Å². The highest BCUT2D eigenvalue weighted by Gasteiger charge is 2.15. The maximum absolute atomic E-state index is 10.8. The number of rotatable bonds is 3. The van der Waals surface area contributed by atoms with Gasteiger partial charge < -0.3 is 9.84 Å². The zero-order valence-electron chi connectivity index (χ0n) is 9.98. The number of carboxylic acids is 1. The van der Waals surface area contributed by atoms with Gasteiger partial charge in [-0.3, -0.25) is 4.98 Å². The fourth-order valence-electron chi connectivity index (χ4n) is 1.63. The van der Waals surface area contributed by atoms with E-state index in [0.717, 1.165) is 11.2 Å². The second-order valence-corrected chi connectivity index (χ2v) is 4.46. The lowest BCUT2D eigenvalue weighted by Gasteiger charge is -2.13. The second kappa shape index (κ2) is 4.82. The number of benzene rings is 1. The summed E-state index contributed by atoms with van der Waals surface area (Å²) in [4.78, 5) is 15.2. The van der Waals surface area contributed by atoms with Crippen LogP contribution in [0.3, 0.4) is 0 Å². The topological polar surface area (TPSA) is 59.4 Å². The molecule has 2 aromatic rings. The molecule has 1 unspecified atom stereocenters. The first-order valence-electron chi connectivity index (χ1n) is 5.44. The number of pyridine rings is 1. The minimum atomic E-state index is -1.01. The summed E-state index contributed by atoms with van der Waals surface area (Å²) < 4.78 is 5.43. The van der Waals surface area contributed by atoms with Gasteiger partial charge in [-0.05, 0) is 32.0 Å². The van der Waals surface area contributed by atoms with Gasteiger partial charge in [0.25, 0.3) is 0 Å². The molecule has 0 amide bonds. The van der Waals surface area contributed by atoms with Gasteiger partial charge in [-0.2, -0.15) is 0 Å². The van der Waals surface area contributed by atoms with E-state index in [0.29, 0.717) is 16.2 Å². The van der Waals surface area contributed by atoms with E-state index in [2.05, 4.69) is 4.98 Å². The van der Waals surface area contributed by atoms with E-state index in [1.54, 1.807) is 24.3 Å². The lowest BCUT2D eigenvalue weighted by atomic mass is 10.2. The number of nitrogens with zero attached hydrogens (tertiary/aromatic N) is 1. The van der Waals surface area contributed by atoms with Crippen LogP contribution in [-0.4, -0.2) is 22.2 Å².